The van der Waals surface area contributed by atoms with Gasteiger partial charge >= 0.3 is 6.18 Å². The van der Waals surface area contributed by atoms with E-state index in [0.717, 1.165) is 21.3 Å². The number of nitrogens with zero attached hydrogens (tertiary/aromatic N) is 2. The molecule has 0 aromatic heterocycles. The summed E-state index contributed by atoms with van der Waals surface area (Å²) in [6, 6.07) is 14.9. The molecule has 2 aliphatic heterocycles. The minimum Gasteiger partial charge on any atom is -0.325 e. The zero-order valence-electron chi connectivity index (χ0n) is 19.6. The molecule has 0 aliphatic carbocycles. The summed E-state index contributed by atoms with van der Waals surface area (Å²) in [7, 11) is -4.62. The molecular weight excluding hydrogens is 523 g/mol. The molecule has 0 saturated carbocycles. The maximum atomic E-state index is 13.5. The molecule has 2 heterocycles. The predicted octanol–water partition coefficient (Wildman–Crippen LogP) is 4.30. The van der Waals surface area contributed by atoms with E-state index in [9.17, 15) is 36.0 Å². The van der Waals surface area contributed by atoms with Crippen molar-refractivity contribution >= 4 is 39.1 Å². The summed E-state index contributed by atoms with van der Waals surface area (Å²) >= 11 is 0. The number of carbonyl (C=O) groups excluding carboxylic acids is 3. The number of alkyl halides is 3. The zero-order valence-corrected chi connectivity index (χ0v) is 20.4. The standard InChI is InChI=1S/C26H20F3N3O5S/c27-26(28,29)20-8-3-4-10-22(20)38(36,37)31-15-5-9-21(31)23(33)30-16-11-13-17(14-12-16)32-24(34)18-6-1-2-7-19(18)25(32)35/h1-4,6-8,10-14,21H,5,9,15H2,(H,30,33)/t21-/m0/s1. The Bertz CT molecular complexity index is 1520. The van der Waals surface area contributed by atoms with Crippen LogP contribution in [0.5, 0.6) is 0 Å². The average molecular weight is 544 g/mol. The lowest BCUT2D eigenvalue weighted by Crippen LogP contribution is -2.43. The number of hydrogen-bond acceptors (Lipinski definition) is 5. The van der Waals surface area contributed by atoms with Crippen molar-refractivity contribution in [3.63, 3.8) is 0 Å². The van der Waals surface area contributed by atoms with Crippen LogP contribution < -0.4 is 10.2 Å². The van der Waals surface area contributed by atoms with Gasteiger partial charge in [0, 0.05) is 12.2 Å². The van der Waals surface area contributed by atoms with Gasteiger partial charge in [-0.3, -0.25) is 14.4 Å². The van der Waals surface area contributed by atoms with E-state index in [1.807, 2.05) is 0 Å². The number of halogens is 3. The van der Waals surface area contributed by atoms with Gasteiger partial charge in [-0.2, -0.15) is 17.5 Å². The zero-order chi connectivity index (χ0) is 27.2. The molecule has 196 valence electrons. The number of hydrogen-bond donors (Lipinski definition) is 1. The highest BCUT2D eigenvalue weighted by Crippen LogP contribution is 2.37. The normalized spacial score (nSPS) is 18.1. The highest BCUT2D eigenvalue weighted by Gasteiger charge is 2.44. The Morgan fingerprint density at radius 3 is 2.05 bits per heavy atom. The Labute approximate surface area is 215 Å². The molecule has 1 atom stereocenters. The molecule has 1 N–H and O–H groups in total. The Hall–Kier alpha value is -4.03. The average Bonchev–Trinajstić information content (AvgIpc) is 3.49. The third-order valence-corrected chi connectivity index (χ3v) is 8.44. The Balaban J connectivity index is 1.34. The predicted molar refractivity (Wildman–Crippen MR) is 131 cm³/mol. The van der Waals surface area contributed by atoms with E-state index in [0.29, 0.717) is 12.5 Å². The summed E-state index contributed by atoms with van der Waals surface area (Å²) < 4.78 is 67.6. The van der Waals surface area contributed by atoms with Crippen LogP contribution in [-0.2, 0) is 21.0 Å². The SMILES string of the molecule is O=C(Nc1ccc(N2C(=O)c3ccccc3C2=O)cc1)[C@@H]1CCCN1S(=O)(=O)c1ccccc1C(F)(F)F. The Morgan fingerprint density at radius 2 is 1.45 bits per heavy atom. The van der Waals surface area contributed by atoms with Crippen molar-refractivity contribution in [1.82, 2.24) is 4.31 Å². The van der Waals surface area contributed by atoms with Gasteiger partial charge in [0.05, 0.1) is 27.3 Å². The summed E-state index contributed by atoms with van der Waals surface area (Å²) in [5.74, 6) is -1.66. The topological polar surface area (TPSA) is 104 Å². The van der Waals surface area contributed by atoms with Crippen LogP contribution in [0.3, 0.4) is 0 Å². The number of fused-ring (bicyclic) bond motifs is 1. The summed E-state index contributed by atoms with van der Waals surface area (Å²) in [5.41, 5.74) is -0.192. The Kier molecular flexibility index (Phi) is 6.32. The third kappa shape index (κ3) is 4.35. The molecule has 0 radical (unpaired) electrons. The third-order valence-electron chi connectivity index (χ3n) is 6.47. The van der Waals surface area contributed by atoms with Crippen molar-refractivity contribution in [2.75, 3.05) is 16.8 Å². The van der Waals surface area contributed by atoms with E-state index in [2.05, 4.69) is 5.32 Å². The van der Waals surface area contributed by atoms with Crippen molar-refractivity contribution in [3.05, 3.63) is 89.5 Å². The first-order valence-electron chi connectivity index (χ1n) is 11.6. The lowest BCUT2D eigenvalue weighted by atomic mass is 10.1. The second-order valence-electron chi connectivity index (χ2n) is 8.80. The Morgan fingerprint density at radius 1 is 0.868 bits per heavy atom. The minimum atomic E-state index is -4.89. The van der Waals surface area contributed by atoms with Gasteiger partial charge in [0.1, 0.15) is 6.04 Å². The van der Waals surface area contributed by atoms with Crippen LogP contribution in [0.1, 0.15) is 39.1 Å². The van der Waals surface area contributed by atoms with E-state index >= 15 is 0 Å². The van der Waals surface area contributed by atoms with Crippen LogP contribution in [0.4, 0.5) is 24.5 Å². The lowest BCUT2D eigenvalue weighted by Gasteiger charge is -2.25. The maximum Gasteiger partial charge on any atom is 0.417 e. The molecule has 1 fully saturated rings. The van der Waals surface area contributed by atoms with Gasteiger partial charge in [-0.1, -0.05) is 24.3 Å². The number of carbonyl (C=O) groups is 3. The first-order valence-corrected chi connectivity index (χ1v) is 13.0. The van der Waals surface area contributed by atoms with Gasteiger partial charge in [0.25, 0.3) is 11.8 Å². The van der Waals surface area contributed by atoms with Crippen LogP contribution in [-0.4, -0.2) is 43.0 Å². The molecule has 12 heteroatoms. The summed E-state index contributed by atoms with van der Waals surface area (Å²) in [6.07, 6.45) is -4.46. The number of benzene rings is 3. The molecule has 5 rings (SSSR count). The van der Waals surface area contributed by atoms with E-state index in [1.165, 1.54) is 30.3 Å². The molecule has 3 aromatic carbocycles. The molecule has 3 aromatic rings. The monoisotopic (exact) mass is 543 g/mol. The number of anilines is 2. The summed E-state index contributed by atoms with van der Waals surface area (Å²) in [4.78, 5) is 38.5. The number of amides is 3. The fourth-order valence-electron chi connectivity index (χ4n) is 4.69. The van der Waals surface area contributed by atoms with E-state index in [1.54, 1.807) is 24.3 Å². The van der Waals surface area contributed by atoms with Gasteiger partial charge in [-0.25, -0.2) is 13.3 Å². The van der Waals surface area contributed by atoms with Gasteiger partial charge in [-0.05, 0) is 61.4 Å². The highest BCUT2D eigenvalue weighted by molar-refractivity contribution is 7.89. The number of sulfonamides is 1. The van der Waals surface area contributed by atoms with Crippen LogP contribution in [0, 0.1) is 0 Å². The first-order chi connectivity index (χ1) is 18.0. The van der Waals surface area contributed by atoms with Crippen molar-refractivity contribution in [2.24, 2.45) is 0 Å². The van der Waals surface area contributed by atoms with Crippen molar-refractivity contribution in [3.8, 4) is 0 Å². The van der Waals surface area contributed by atoms with Crippen molar-refractivity contribution in [2.45, 2.75) is 30.0 Å². The maximum absolute atomic E-state index is 13.5. The quantitative estimate of drug-likeness (QED) is 0.484. The second-order valence-corrected chi connectivity index (χ2v) is 10.7. The van der Waals surface area contributed by atoms with E-state index in [4.69, 9.17) is 0 Å². The molecule has 0 bridgehead atoms. The smallest absolute Gasteiger partial charge is 0.325 e. The van der Waals surface area contributed by atoms with Gasteiger partial charge in [-0.15, -0.1) is 0 Å². The van der Waals surface area contributed by atoms with Crippen molar-refractivity contribution < 1.29 is 36.0 Å². The van der Waals surface area contributed by atoms with Crippen molar-refractivity contribution in [1.29, 1.82) is 0 Å². The van der Waals surface area contributed by atoms with Gasteiger partial charge in [0.15, 0.2) is 0 Å². The lowest BCUT2D eigenvalue weighted by molar-refractivity contribution is -0.139. The van der Waals surface area contributed by atoms with E-state index in [-0.39, 0.29) is 35.5 Å². The molecule has 0 unspecified atom stereocenters. The second kappa shape index (κ2) is 9.37. The van der Waals surface area contributed by atoms with Gasteiger partial charge in [0.2, 0.25) is 15.9 Å². The molecule has 8 nitrogen and oxygen atoms in total. The molecule has 2 aliphatic rings. The number of imide groups is 1. The molecular formula is C26H20F3N3O5S. The summed E-state index contributed by atoms with van der Waals surface area (Å²) in [6.45, 7) is -0.106. The van der Waals surface area contributed by atoms with Crippen LogP contribution in [0.2, 0.25) is 0 Å². The fourth-order valence-corrected chi connectivity index (χ4v) is 6.56. The number of nitrogens with one attached hydrogen (secondary N) is 1. The molecule has 3 amide bonds. The van der Waals surface area contributed by atoms with Gasteiger partial charge < -0.3 is 5.32 Å². The molecule has 1 saturated heterocycles. The minimum absolute atomic E-state index is 0.106. The fraction of sp³-hybridized carbons (Fsp3) is 0.192. The summed E-state index contributed by atoms with van der Waals surface area (Å²) in [5, 5.41) is 2.58. The highest BCUT2D eigenvalue weighted by atomic mass is 32.2. The molecule has 38 heavy (non-hydrogen) atoms. The largest absolute Gasteiger partial charge is 0.417 e. The van der Waals surface area contributed by atoms with E-state index < -0.39 is 50.4 Å². The first kappa shape index (κ1) is 25.6. The van der Waals surface area contributed by atoms with Crippen LogP contribution in [0.25, 0.3) is 0 Å². The van der Waals surface area contributed by atoms with Crippen LogP contribution >= 0.6 is 0 Å². The molecule has 0 spiro atoms. The van der Waals surface area contributed by atoms with Crippen LogP contribution in [0.15, 0.2) is 77.7 Å². The number of rotatable bonds is 5.